The molecule has 0 atom stereocenters. The van der Waals surface area contributed by atoms with Gasteiger partial charge in [-0.25, -0.2) is 4.79 Å². The summed E-state index contributed by atoms with van der Waals surface area (Å²) < 4.78 is 0. The number of nitrogens with zero attached hydrogens (tertiary/aromatic N) is 1. The van der Waals surface area contributed by atoms with E-state index in [1.54, 1.807) is 4.90 Å². The zero-order chi connectivity index (χ0) is 17.4. The van der Waals surface area contributed by atoms with Crippen LogP contribution in [0.15, 0.2) is 48.5 Å². The largest absolute Gasteiger partial charge is 0.325 e. The molecule has 25 heavy (non-hydrogen) atoms. The molecule has 4 rings (SSSR count). The molecule has 128 valence electrons. The molecule has 2 aliphatic heterocycles. The number of fused-ring (bicyclic) bond motifs is 2. The first kappa shape index (κ1) is 15.7. The third-order valence-electron chi connectivity index (χ3n) is 5.30. The molecule has 3 amide bonds. The van der Waals surface area contributed by atoms with E-state index >= 15 is 0 Å². The molecule has 1 fully saturated rings. The lowest BCUT2D eigenvalue weighted by Crippen LogP contribution is -2.49. The number of amides is 3. The van der Waals surface area contributed by atoms with Crippen LogP contribution < -0.4 is 10.6 Å². The number of anilines is 2. The van der Waals surface area contributed by atoms with Gasteiger partial charge in [-0.15, -0.1) is 0 Å². The van der Waals surface area contributed by atoms with Gasteiger partial charge in [-0.3, -0.25) is 4.79 Å². The third-order valence-corrected chi connectivity index (χ3v) is 5.30. The van der Waals surface area contributed by atoms with Gasteiger partial charge in [0.1, 0.15) is 0 Å². The molecule has 0 aromatic heterocycles. The molecule has 5 heteroatoms. The first-order valence-corrected chi connectivity index (χ1v) is 8.62. The van der Waals surface area contributed by atoms with Gasteiger partial charge in [-0.1, -0.05) is 30.3 Å². The zero-order valence-corrected chi connectivity index (χ0v) is 14.2. The summed E-state index contributed by atoms with van der Waals surface area (Å²) in [6.07, 6.45) is 1.30. The van der Waals surface area contributed by atoms with Gasteiger partial charge in [0.05, 0.1) is 5.41 Å². The van der Waals surface area contributed by atoms with Crippen LogP contribution in [0.2, 0.25) is 0 Å². The average Bonchev–Trinajstić information content (AvgIpc) is 2.88. The normalized spacial score (nSPS) is 18.0. The van der Waals surface area contributed by atoms with Crippen molar-refractivity contribution in [3.63, 3.8) is 0 Å². The summed E-state index contributed by atoms with van der Waals surface area (Å²) in [5, 5.41) is 5.94. The number of benzene rings is 2. The molecule has 0 unspecified atom stereocenters. The number of aryl methyl sites for hydroxylation is 1. The number of likely N-dealkylation sites (tertiary alicyclic amines) is 1. The highest BCUT2D eigenvalue weighted by atomic mass is 16.2. The van der Waals surface area contributed by atoms with Crippen molar-refractivity contribution in [2.45, 2.75) is 25.2 Å². The maximum absolute atomic E-state index is 12.6. The molecule has 5 nitrogen and oxygen atoms in total. The van der Waals surface area contributed by atoms with Crippen LogP contribution in [-0.4, -0.2) is 29.9 Å². The third kappa shape index (κ3) is 2.65. The highest BCUT2D eigenvalue weighted by Crippen LogP contribution is 2.44. The van der Waals surface area contributed by atoms with Gasteiger partial charge in [0.2, 0.25) is 5.91 Å². The molecule has 1 spiro atoms. The van der Waals surface area contributed by atoms with E-state index in [2.05, 4.69) is 10.6 Å². The van der Waals surface area contributed by atoms with E-state index < -0.39 is 5.41 Å². The number of piperidine rings is 1. The quantitative estimate of drug-likeness (QED) is 0.838. The van der Waals surface area contributed by atoms with Crippen molar-refractivity contribution in [2.24, 2.45) is 0 Å². The lowest BCUT2D eigenvalue weighted by atomic mass is 9.74. The van der Waals surface area contributed by atoms with Crippen molar-refractivity contribution >= 4 is 23.3 Å². The Morgan fingerprint density at radius 3 is 2.64 bits per heavy atom. The van der Waals surface area contributed by atoms with E-state index in [0.717, 1.165) is 22.5 Å². The second-order valence-corrected chi connectivity index (χ2v) is 6.87. The number of carbonyl (C=O) groups is 2. The molecule has 2 aliphatic rings. The van der Waals surface area contributed by atoms with Crippen molar-refractivity contribution in [1.82, 2.24) is 4.90 Å². The van der Waals surface area contributed by atoms with Crippen molar-refractivity contribution in [3.8, 4) is 0 Å². The van der Waals surface area contributed by atoms with E-state index in [0.29, 0.717) is 25.9 Å². The lowest BCUT2D eigenvalue weighted by Gasteiger charge is -2.37. The van der Waals surface area contributed by atoms with Crippen LogP contribution in [-0.2, 0) is 10.2 Å². The Labute approximate surface area is 147 Å². The van der Waals surface area contributed by atoms with Crippen LogP contribution in [0.3, 0.4) is 0 Å². The van der Waals surface area contributed by atoms with Gasteiger partial charge in [-0.2, -0.15) is 0 Å². The van der Waals surface area contributed by atoms with Crippen molar-refractivity contribution in [3.05, 3.63) is 59.7 Å². The molecule has 0 saturated carbocycles. The number of urea groups is 1. The molecule has 2 aromatic rings. The summed E-state index contributed by atoms with van der Waals surface area (Å²) >= 11 is 0. The minimum Gasteiger partial charge on any atom is -0.325 e. The minimum atomic E-state index is -0.489. The molecular formula is C20H21N3O2. The molecule has 2 heterocycles. The van der Waals surface area contributed by atoms with Crippen LogP contribution >= 0.6 is 0 Å². The molecule has 1 saturated heterocycles. The van der Waals surface area contributed by atoms with Crippen LogP contribution in [0.4, 0.5) is 16.2 Å². The Kier molecular flexibility index (Phi) is 3.71. The van der Waals surface area contributed by atoms with Crippen LogP contribution in [0.5, 0.6) is 0 Å². The minimum absolute atomic E-state index is 0.0624. The summed E-state index contributed by atoms with van der Waals surface area (Å²) in [7, 11) is 0. The summed E-state index contributed by atoms with van der Waals surface area (Å²) in [5.41, 5.74) is 3.39. The number of hydrogen-bond acceptors (Lipinski definition) is 2. The second kappa shape index (κ2) is 5.92. The van der Waals surface area contributed by atoms with Crippen LogP contribution in [0.1, 0.15) is 24.0 Å². The van der Waals surface area contributed by atoms with Gasteiger partial charge < -0.3 is 15.5 Å². The van der Waals surface area contributed by atoms with Crippen LogP contribution in [0.25, 0.3) is 0 Å². The molecule has 0 radical (unpaired) electrons. The predicted molar refractivity (Wildman–Crippen MR) is 97.8 cm³/mol. The van der Waals surface area contributed by atoms with E-state index in [1.165, 1.54) is 0 Å². The second-order valence-electron chi connectivity index (χ2n) is 6.87. The van der Waals surface area contributed by atoms with E-state index in [-0.39, 0.29) is 11.9 Å². The van der Waals surface area contributed by atoms with Gasteiger partial charge in [0.25, 0.3) is 0 Å². The molecule has 2 N–H and O–H groups in total. The Morgan fingerprint density at radius 2 is 1.88 bits per heavy atom. The summed E-state index contributed by atoms with van der Waals surface area (Å²) in [4.78, 5) is 26.9. The Bertz CT molecular complexity index is 838. The van der Waals surface area contributed by atoms with Gasteiger partial charge in [0, 0.05) is 24.5 Å². The lowest BCUT2D eigenvalue weighted by molar-refractivity contribution is -0.122. The Morgan fingerprint density at radius 1 is 1.12 bits per heavy atom. The van der Waals surface area contributed by atoms with Crippen LogP contribution in [0, 0.1) is 6.92 Å². The smallest absolute Gasteiger partial charge is 0.321 e. The summed E-state index contributed by atoms with van der Waals surface area (Å²) in [5.74, 6) is 0.0624. The SMILES string of the molecule is Cc1cccc(NC(=O)N2CCC3(CC2)C(=O)Nc2ccccc23)c1. The Hall–Kier alpha value is -2.82. The van der Waals surface area contributed by atoms with E-state index in [9.17, 15) is 9.59 Å². The maximum Gasteiger partial charge on any atom is 0.321 e. The summed E-state index contributed by atoms with van der Waals surface area (Å²) in [6, 6.07) is 15.5. The molecule has 0 bridgehead atoms. The topological polar surface area (TPSA) is 61.4 Å². The monoisotopic (exact) mass is 335 g/mol. The average molecular weight is 335 g/mol. The van der Waals surface area contributed by atoms with Crippen molar-refractivity contribution < 1.29 is 9.59 Å². The number of carbonyl (C=O) groups excluding carboxylic acids is 2. The maximum atomic E-state index is 12.6. The number of para-hydroxylation sites is 1. The standard InChI is InChI=1S/C20H21N3O2/c1-14-5-4-6-15(13-14)21-19(25)23-11-9-20(10-12-23)16-7-2-3-8-17(16)22-18(20)24/h2-8,13H,9-12H2,1H3,(H,21,25)(H,22,24). The summed E-state index contributed by atoms with van der Waals surface area (Å²) in [6.45, 7) is 3.13. The number of nitrogens with one attached hydrogen (secondary N) is 2. The highest BCUT2D eigenvalue weighted by Gasteiger charge is 2.48. The van der Waals surface area contributed by atoms with Gasteiger partial charge in [-0.05, 0) is 49.1 Å². The fraction of sp³-hybridized carbons (Fsp3) is 0.300. The number of rotatable bonds is 1. The fourth-order valence-corrected chi connectivity index (χ4v) is 3.89. The zero-order valence-electron chi connectivity index (χ0n) is 14.2. The fourth-order valence-electron chi connectivity index (χ4n) is 3.89. The van der Waals surface area contributed by atoms with Crippen molar-refractivity contribution in [1.29, 1.82) is 0 Å². The van der Waals surface area contributed by atoms with Gasteiger partial charge in [0.15, 0.2) is 0 Å². The van der Waals surface area contributed by atoms with E-state index in [1.807, 2.05) is 55.5 Å². The number of hydrogen-bond donors (Lipinski definition) is 2. The van der Waals surface area contributed by atoms with E-state index in [4.69, 9.17) is 0 Å². The van der Waals surface area contributed by atoms with Crippen molar-refractivity contribution in [2.75, 3.05) is 23.7 Å². The highest BCUT2D eigenvalue weighted by molar-refractivity contribution is 6.06. The molecule has 2 aromatic carbocycles. The molecular weight excluding hydrogens is 314 g/mol. The van der Waals surface area contributed by atoms with Gasteiger partial charge >= 0.3 is 6.03 Å². The predicted octanol–water partition coefficient (Wildman–Crippen LogP) is 3.51. The first-order chi connectivity index (χ1) is 12.1. The Balaban J connectivity index is 1.47. The molecule has 0 aliphatic carbocycles. The first-order valence-electron chi connectivity index (χ1n) is 8.62.